The summed E-state index contributed by atoms with van der Waals surface area (Å²) >= 11 is 0. The highest BCUT2D eigenvalue weighted by molar-refractivity contribution is 5.96. The molecule has 0 fully saturated rings. The van der Waals surface area contributed by atoms with Crippen LogP contribution in [0.1, 0.15) is 13.8 Å². The van der Waals surface area contributed by atoms with Crippen LogP contribution in [-0.4, -0.2) is 22.8 Å². The van der Waals surface area contributed by atoms with Crippen molar-refractivity contribution < 1.29 is 14.5 Å². The summed E-state index contributed by atoms with van der Waals surface area (Å²) in [5, 5.41) is 19.1. The number of carbonyl (C=O) groups is 2. The lowest BCUT2D eigenvalue weighted by atomic mass is 10.2. The predicted octanol–water partition coefficient (Wildman–Crippen LogP) is 2.99. The molecule has 0 aliphatic carbocycles. The average Bonchev–Trinajstić information content (AvgIpc) is 2.56. The van der Waals surface area contributed by atoms with E-state index < -0.39 is 11.0 Å². The summed E-state index contributed by atoms with van der Waals surface area (Å²) in [6.45, 7) is 3.07. The maximum Gasteiger partial charge on any atom is 0.271 e. The summed E-state index contributed by atoms with van der Waals surface area (Å²) in [7, 11) is 0. The van der Waals surface area contributed by atoms with Crippen molar-refractivity contribution in [2.75, 3.05) is 16.0 Å². The van der Waals surface area contributed by atoms with E-state index in [0.29, 0.717) is 17.1 Å². The first-order valence-corrected chi connectivity index (χ1v) is 7.54. The molecule has 0 saturated carbocycles. The minimum absolute atomic E-state index is 0.0498. The number of carbonyl (C=O) groups excluding carboxylic acids is 2. The minimum atomic E-state index is -0.600. The second-order valence-corrected chi connectivity index (χ2v) is 5.42. The number of rotatable bonds is 6. The largest absolute Gasteiger partial charge is 0.374 e. The van der Waals surface area contributed by atoms with E-state index >= 15 is 0 Å². The van der Waals surface area contributed by atoms with E-state index in [1.807, 2.05) is 0 Å². The first kappa shape index (κ1) is 17.9. The fourth-order valence-corrected chi connectivity index (χ4v) is 2.12. The molecule has 2 aromatic rings. The number of nitro groups is 1. The second kappa shape index (κ2) is 7.91. The van der Waals surface area contributed by atoms with Gasteiger partial charge in [-0.15, -0.1) is 0 Å². The summed E-state index contributed by atoms with van der Waals surface area (Å²) in [6, 6.07) is 12.0. The molecule has 2 aromatic carbocycles. The van der Waals surface area contributed by atoms with Crippen LogP contribution >= 0.6 is 0 Å². The molecule has 8 heteroatoms. The Morgan fingerprint density at radius 3 is 2.16 bits per heavy atom. The molecule has 130 valence electrons. The van der Waals surface area contributed by atoms with Gasteiger partial charge in [0.25, 0.3) is 5.69 Å². The van der Waals surface area contributed by atoms with E-state index in [1.54, 1.807) is 43.3 Å². The zero-order valence-electron chi connectivity index (χ0n) is 13.8. The van der Waals surface area contributed by atoms with Gasteiger partial charge in [-0.1, -0.05) is 6.07 Å². The van der Waals surface area contributed by atoms with Crippen molar-refractivity contribution in [1.29, 1.82) is 0 Å². The van der Waals surface area contributed by atoms with Gasteiger partial charge in [-0.25, -0.2) is 0 Å². The molecular formula is C17H18N4O4. The van der Waals surface area contributed by atoms with E-state index in [2.05, 4.69) is 16.0 Å². The Bertz CT molecular complexity index is 789. The van der Waals surface area contributed by atoms with Crippen molar-refractivity contribution in [3.05, 3.63) is 58.6 Å². The highest BCUT2D eigenvalue weighted by Gasteiger charge is 2.14. The Morgan fingerprint density at radius 2 is 1.60 bits per heavy atom. The van der Waals surface area contributed by atoms with Crippen LogP contribution in [0.2, 0.25) is 0 Å². The first-order valence-electron chi connectivity index (χ1n) is 7.54. The van der Waals surface area contributed by atoms with Crippen LogP contribution in [0.5, 0.6) is 0 Å². The Hall–Kier alpha value is -3.42. The van der Waals surface area contributed by atoms with E-state index in [4.69, 9.17) is 0 Å². The SMILES string of the molecule is CC(=O)Nc1ccc(NC(=O)[C@H](C)Nc2cccc([N+](=O)[O-])c2)cc1. The van der Waals surface area contributed by atoms with Gasteiger partial charge in [0.1, 0.15) is 6.04 Å². The van der Waals surface area contributed by atoms with E-state index in [0.717, 1.165) is 0 Å². The molecule has 0 radical (unpaired) electrons. The Labute approximate surface area is 144 Å². The molecule has 0 aliphatic heterocycles. The van der Waals surface area contributed by atoms with Gasteiger partial charge in [0, 0.05) is 36.1 Å². The van der Waals surface area contributed by atoms with Gasteiger partial charge >= 0.3 is 0 Å². The smallest absolute Gasteiger partial charge is 0.271 e. The Morgan fingerprint density at radius 1 is 1.00 bits per heavy atom. The number of nitrogens with zero attached hydrogens (tertiary/aromatic N) is 1. The van der Waals surface area contributed by atoms with Gasteiger partial charge < -0.3 is 16.0 Å². The monoisotopic (exact) mass is 342 g/mol. The highest BCUT2D eigenvalue weighted by Crippen LogP contribution is 2.18. The fourth-order valence-electron chi connectivity index (χ4n) is 2.12. The molecule has 0 aliphatic rings. The highest BCUT2D eigenvalue weighted by atomic mass is 16.6. The van der Waals surface area contributed by atoms with Crippen molar-refractivity contribution in [3.63, 3.8) is 0 Å². The summed E-state index contributed by atoms with van der Waals surface area (Å²) in [5.41, 5.74) is 1.64. The van der Waals surface area contributed by atoms with Crippen molar-refractivity contribution in [1.82, 2.24) is 0 Å². The fraction of sp³-hybridized carbons (Fsp3) is 0.176. The molecule has 25 heavy (non-hydrogen) atoms. The van der Waals surface area contributed by atoms with Gasteiger partial charge in [0.15, 0.2) is 0 Å². The molecule has 8 nitrogen and oxygen atoms in total. The number of hydrogen-bond acceptors (Lipinski definition) is 5. The van der Waals surface area contributed by atoms with Crippen LogP contribution in [0, 0.1) is 10.1 Å². The zero-order chi connectivity index (χ0) is 18.4. The summed E-state index contributed by atoms with van der Waals surface area (Å²) < 4.78 is 0. The summed E-state index contributed by atoms with van der Waals surface area (Å²) in [6.07, 6.45) is 0. The van der Waals surface area contributed by atoms with Crippen LogP contribution < -0.4 is 16.0 Å². The van der Waals surface area contributed by atoms with Crippen molar-refractivity contribution >= 4 is 34.6 Å². The molecule has 0 bridgehead atoms. The van der Waals surface area contributed by atoms with Gasteiger partial charge in [0.05, 0.1) is 4.92 Å². The predicted molar refractivity (Wildman–Crippen MR) is 95.6 cm³/mol. The van der Waals surface area contributed by atoms with Crippen molar-refractivity contribution in [3.8, 4) is 0 Å². The number of anilines is 3. The molecule has 0 heterocycles. The molecule has 0 aromatic heterocycles. The molecule has 2 amide bonds. The maximum atomic E-state index is 12.2. The van der Waals surface area contributed by atoms with E-state index in [9.17, 15) is 19.7 Å². The molecule has 0 unspecified atom stereocenters. The lowest BCUT2D eigenvalue weighted by Crippen LogP contribution is -2.31. The van der Waals surface area contributed by atoms with Crippen LogP contribution in [0.3, 0.4) is 0 Å². The molecule has 0 spiro atoms. The zero-order valence-corrected chi connectivity index (χ0v) is 13.8. The van der Waals surface area contributed by atoms with Crippen LogP contribution in [0.4, 0.5) is 22.7 Å². The standard InChI is InChI=1S/C17H18N4O4/c1-11(18-15-4-3-5-16(10-15)21(24)25)17(23)20-14-8-6-13(7-9-14)19-12(2)22/h3-11,18H,1-2H3,(H,19,22)(H,20,23)/t11-/m0/s1. The molecule has 2 rings (SSSR count). The normalized spacial score (nSPS) is 11.3. The van der Waals surface area contributed by atoms with Gasteiger partial charge in [0.2, 0.25) is 11.8 Å². The number of hydrogen-bond donors (Lipinski definition) is 3. The number of nitrogens with one attached hydrogen (secondary N) is 3. The van der Waals surface area contributed by atoms with Crippen molar-refractivity contribution in [2.24, 2.45) is 0 Å². The lowest BCUT2D eigenvalue weighted by Gasteiger charge is -2.15. The van der Waals surface area contributed by atoms with Crippen LogP contribution in [-0.2, 0) is 9.59 Å². The quantitative estimate of drug-likeness (QED) is 0.552. The van der Waals surface area contributed by atoms with Gasteiger partial charge in [-0.05, 0) is 37.3 Å². The van der Waals surface area contributed by atoms with Crippen LogP contribution in [0.25, 0.3) is 0 Å². The first-order chi connectivity index (χ1) is 11.8. The number of non-ortho nitro benzene ring substituents is 1. The third-order valence-corrected chi connectivity index (χ3v) is 3.31. The van der Waals surface area contributed by atoms with Crippen molar-refractivity contribution in [2.45, 2.75) is 19.9 Å². The Kier molecular flexibility index (Phi) is 5.67. The van der Waals surface area contributed by atoms with E-state index in [1.165, 1.54) is 19.1 Å². The maximum absolute atomic E-state index is 12.2. The van der Waals surface area contributed by atoms with Crippen LogP contribution in [0.15, 0.2) is 48.5 Å². The molecule has 3 N–H and O–H groups in total. The average molecular weight is 342 g/mol. The number of amides is 2. The topological polar surface area (TPSA) is 113 Å². The summed E-state index contributed by atoms with van der Waals surface area (Å²) in [4.78, 5) is 33.5. The van der Waals surface area contributed by atoms with Gasteiger partial charge in [-0.2, -0.15) is 0 Å². The number of nitro benzene ring substituents is 1. The van der Waals surface area contributed by atoms with Gasteiger partial charge in [-0.3, -0.25) is 19.7 Å². The van der Waals surface area contributed by atoms with E-state index in [-0.39, 0.29) is 17.5 Å². The number of benzene rings is 2. The molecule has 0 saturated heterocycles. The lowest BCUT2D eigenvalue weighted by molar-refractivity contribution is -0.384. The molecular weight excluding hydrogens is 324 g/mol. The second-order valence-electron chi connectivity index (χ2n) is 5.42. The third-order valence-electron chi connectivity index (χ3n) is 3.31. The third kappa shape index (κ3) is 5.31. The molecule has 1 atom stereocenters. The minimum Gasteiger partial charge on any atom is -0.374 e. The summed E-state index contributed by atoms with van der Waals surface area (Å²) in [5.74, 6) is -0.467. The Balaban J connectivity index is 1.97.